The Hall–Kier alpha value is -1.40. The minimum atomic E-state index is -3.66. The van der Waals surface area contributed by atoms with Gasteiger partial charge < -0.3 is 5.32 Å². The maximum Gasteiger partial charge on any atom is 0.241 e. The molecule has 6 heteroatoms. The van der Waals surface area contributed by atoms with Crippen LogP contribution in [0.15, 0.2) is 35.2 Å². The minimum Gasteiger partial charge on any atom is -0.352 e. The summed E-state index contributed by atoms with van der Waals surface area (Å²) in [7, 11) is -3.66. The van der Waals surface area contributed by atoms with E-state index in [0.29, 0.717) is 0 Å². The molecular formula is C13H20N2O3S. The number of hydrogen-bond acceptors (Lipinski definition) is 3. The standard InChI is InChI=1S/C13H20N2O3S/c1-4-10(2)14-13(16)11(3)15-19(17,18)12-8-6-5-7-9-12/h5-11,15H,4H2,1-3H3,(H,14,16)/t10-,11+/m0/s1. The lowest BCUT2D eigenvalue weighted by molar-refractivity contribution is -0.122. The van der Waals surface area contributed by atoms with E-state index in [2.05, 4.69) is 10.0 Å². The summed E-state index contributed by atoms with van der Waals surface area (Å²) in [5.74, 6) is -0.325. The first kappa shape index (κ1) is 15.7. The van der Waals surface area contributed by atoms with E-state index in [1.54, 1.807) is 18.2 Å². The Kier molecular flexibility index (Phi) is 5.50. The normalized spacial score (nSPS) is 14.7. The van der Waals surface area contributed by atoms with Gasteiger partial charge in [0.15, 0.2) is 0 Å². The third kappa shape index (κ3) is 4.65. The van der Waals surface area contributed by atoms with Crippen LogP contribution in [0.1, 0.15) is 27.2 Å². The molecule has 0 unspecified atom stereocenters. The zero-order valence-corrected chi connectivity index (χ0v) is 12.2. The number of amides is 1. The van der Waals surface area contributed by atoms with Crippen molar-refractivity contribution in [2.75, 3.05) is 0 Å². The van der Waals surface area contributed by atoms with Crippen molar-refractivity contribution < 1.29 is 13.2 Å². The molecule has 0 aliphatic carbocycles. The Balaban J connectivity index is 2.71. The topological polar surface area (TPSA) is 75.3 Å². The highest BCUT2D eigenvalue weighted by Crippen LogP contribution is 2.08. The van der Waals surface area contributed by atoms with Gasteiger partial charge in [0, 0.05) is 6.04 Å². The lowest BCUT2D eigenvalue weighted by atomic mass is 10.2. The summed E-state index contributed by atoms with van der Waals surface area (Å²) in [6, 6.07) is 7.20. The van der Waals surface area contributed by atoms with Crippen LogP contribution in [-0.4, -0.2) is 26.4 Å². The van der Waals surface area contributed by atoms with Gasteiger partial charge in [-0.15, -0.1) is 0 Å². The number of carbonyl (C=O) groups is 1. The van der Waals surface area contributed by atoms with E-state index in [0.717, 1.165) is 6.42 Å². The molecule has 5 nitrogen and oxygen atoms in total. The van der Waals surface area contributed by atoms with Crippen molar-refractivity contribution in [3.05, 3.63) is 30.3 Å². The third-order valence-corrected chi connectivity index (χ3v) is 4.34. The first-order chi connectivity index (χ1) is 8.86. The quantitative estimate of drug-likeness (QED) is 0.826. The van der Waals surface area contributed by atoms with Gasteiger partial charge in [-0.25, -0.2) is 8.42 Å². The average Bonchev–Trinajstić information content (AvgIpc) is 2.39. The molecule has 0 aliphatic rings. The van der Waals surface area contributed by atoms with Crippen LogP contribution < -0.4 is 10.0 Å². The van der Waals surface area contributed by atoms with Crippen molar-refractivity contribution in [1.29, 1.82) is 0 Å². The monoisotopic (exact) mass is 284 g/mol. The largest absolute Gasteiger partial charge is 0.352 e. The Morgan fingerprint density at radius 3 is 2.32 bits per heavy atom. The van der Waals surface area contributed by atoms with Gasteiger partial charge in [-0.2, -0.15) is 4.72 Å². The summed E-state index contributed by atoms with van der Waals surface area (Å²) in [5, 5.41) is 2.74. The molecule has 19 heavy (non-hydrogen) atoms. The predicted molar refractivity (Wildman–Crippen MR) is 74.1 cm³/mol. The summed E-state index contributed by atoms with van der Waals surface area (Å²) in [6.45, 7) is 5.35. The molecule has 1 aromatic rings. The zero-order valence-electron chi connectivity index (χ0n) is 11.4. The van der Waals surface area contributed by atoms with Crippen LogP contribution in [0.2, 0.25) is 0 Å². The number of nitrogens with one attached hydrogen (secondary N) is 2. The summed E-state index contributed by atoms with van der Waals surface area (Å²) < 4.78 is 26.4. The van der Waals surface area contributed by atoms with Gasteiger partial charge in [0.1, 0.15) is 0 Å². The van der Waals surface area contributed by atoms with Gasteiger partial charge in [0.25, 0.3) is 0 Å². The molecule has 0 bridgehead atoms. The molecule has 0 aromatic heterocycles. The number of sulfonamides is 1. The fourth-order valence-electron chi connectivity index (χ4n) is 1.42. The third-order valence-electron chi connectivity index (χ3n) is 2.78. The van der Waals surface area contributed by atoms with Crippen molar-refractivity contribution in [3.8, 4) is 0 Å². The smallest absolute Gasteiger partial charge is 0.241 e. The number of rotatable bonds is 6. The molecule has 0 radical (unpaired) electrons. The van der Waals surface area contributed by atoms with Crippen LogP contribution in [-0.2, 0) is 14.8 Å². The van der Waals surface area contributed by atoms with Crippen molar-refractivity contribution >= 4 is 15.9 Å². The van der Waals surface area contributed by atoms with Crippen molar-refractivity contribution in [1.82, 2.24) is 10.0 Å². The molecule has 0 heterocycles. The van der Waals surface area contributed by atoms with E-state index < -0.39 is 16.1 Å². The number of hydrogen-bond donors (Lipinski definition) is 2. The fraction of sp³-hybridized carbons (Fsp3) is 0.462. The van der Waals surface area contributed by atoms with Gasteiger partial charge in [0.05, 0.1) is 10.9 Å². The van der Waals surface area contributed by atoms with E-state index in [9.17, 15) is 13.2 Å². The molecule has 1 amide bonds. The van der Waals surface area contributed by atoms with Crippen LogP contribution in [0.25, 0.3) is 0 Å². The lowest BCUT2D eigenvalue weighted by Gasteiger charge is -2.17. The maximum absolute atomic E-state index is 12.0. The molecule has 0 aliphatic heterocycles. The van der Waals surface area contributed by atoms with E-state index in [1.165, 1.54) is 19.1 Å². The van der Waals surface area contributed by atoms with Crippen molar-refractivity contribution in [2.45, 2.75) is 44.2 Å². The molecule has 106 valence electrons. The van der Waals surface area contributed by atoms with Gasteiger partial charge in [-0.1, -0.05) is 25.1 Å². The van der Waals surface area contributed by atoms with Crippen molar-refractivity contribution in [2.24, 2.45) is 0 Å². The molecule has 0 fully saturated rings. The van der Waals surface area contributed by atoms with Gasteiger partial charge in [0.2, 0.25) is 15.9 Å². The Labute approximate surface area is 114 Å². The first-order valence-electron chi connectivity index (χ1n) is 6.24. The zero-order chi connectivity index (χ0) is 14.5. The Bertz CT molecular complexity index is 514. The highest BCUT2D eigenvalue weighted by molar-refractivity contribution is 7.89. The van der Waals surface area contributed by atoms with E-state index >= 15 is 0 Å². The second-order valence-corrected chi connectivity index (χ2v) is 6.19. The molecule has 0 spiro atoms. The molecule has 0 saturated carbocycles. The minimum absolute atomic E-state index is 0.0242. The lowest BCUT2D eigenvalue weighted by Crippen LogP contribution is -2.47. The second-order valence-electron chi connectivity index (χ2n) is 4.47. The summed E-state index contributed by atoms with van der Waals surface area (Å²) >= 11 is 0. The Morgan fingerprint density at radius 1 is 1.21 bits per heavy atom. The van der Waals surface area contributed by atoms with Crippen LogP contribution >= 0.6 is 0 Å². The van der Waals surface area contributed by atoms with Crippen LogP contribution in [0.5, 0.6) is 0 Å². The van der Waals surface area contributed by atoms with Gasteiger partial charge >= 0.3 is 0 Å². The number of benzene rings is 1. The summed E-state index contributed by atoms with van der Waals surface area (Å²) in [4.78, 5) is 11.9. The van der Waals surface area contributed by atoms with E-state index in [-0.39, 0.29) is 16.8 Å². The maximum atomic E-state index is 12.0. The molecule has 1 rings (SSSR count). The fourth-order valence-corrected chi connectivity index (χ4v) is 2.65. The average molecular weight is 284 g/mol. The Morgan fingerprint density at radius 2 is 1.79 bits per heavy atom. The van der Waals surface area contributed by atoms with Crippen LogP contribution in [0.3, 0.4) is 0 Å². The van der Waals surface area contributed by atoms with Gasteiger partial charge in [-0.3, -0.25) is 4.79 Å². The second kappa shape index (κ2) is 6.68. The van der Waals surface area contributed by atoms with E-state index in [4.69, 9.17) is 0 Å². The number of carbonyl (C=O) groups excluding carboxylic acids is 1. The summed E-state index contributed by atoms with van der Waals surface area (Å²) in [5.41, 5.74) is 0. The highest BCUT2D eigenvalue weighted by Gasteiger charge is 2.22. The molecule has 0 saturated heterocycles. The van der Waals surface area contributed by atoms with E-state index in [1.807, 2.05) is 13.8 Å². The van der Waals surface area contributed by atoms with Gasteiger partial charge in [-0.05, 0) is 32.4 Å². The van der Waals surface area contributed by atoms with Crippen molar-refractivity contribution in [3.63, 3.8) is 0 Å². The SMILES string of the molecule is CC[C@H](C)NC(=O)[C@@H](C)NS(=O)(=O)c1ccccc1. The molecular weight excluding hydrogens is 264 g/mol. The highest BCUT2D eigenvalue weighted by atomic mass is 32.2. The van der Waals surface area contributed by atoms with Crippen LogP contribution in [0, 0.1) is 0 Å². The first-order valence-corrected chi connectivity index (χ1v) is 7.73. The van der Waals surface area contributed by atoms with Crippen LogP contribution in [0.4, 0.5) is 0 Å². The molecule has 2 N–H and O–H groups in total. The predicted octanol–water partition coefficient (Wildman–Crippen LogP) is 1.27. The molecule has 1 aromatic carbocycles. The summed E-state index contributed by atoms with van der Waals surface area (Å²) in [6.07, 6.45) is 0.796. The molecule has 2 atom stereocenters.